The van der Waals surface area contributed by atoms with Crippen molar-refractivity contribution in [2.45, 2.75) is 0 Å². The lowest BCUT2D eigenvalue weighted by Crippen LogP contribution is -2.42. The molecule has 4 aromatic rings. The summed E-state index contributed by atoms with van der Waals surface area (Å²) < 4.78 is 12.3. The van der Waals surface area contributed by atoms with E-state index in [0.717, 1.165) is 5.69 Å². The number of carbonyl (C=O) groups is 2. The van der Waals surface area contributed by atoms with Crippen LogP contribution in [0.1, 0.15) is 20.8 Å². The molecule has 3 aromatic carbocycles. The third kappa shape index (κ3) is 4.72. The number of carbonyl (C=O) groups excluding carboxylic acids is 2. The fourth-order valence-electron chi connectivity index (χ4n) is 3.36. The van der Waals surface area contributed by atoms with Crippen molar-refractivity contribution in [1.82, 2.24) is 20.6 Å². The number of ether oxygens (including phenoxy) is 2. The molecule has 0 saturated carbocycles. The first kappa shape index (κ1) is 22.9. The number of amides is 2. The predicted octanol–water partition coefficient (Wildman–Crippen LogP) is 4.28. The first-order valence-electron chi connectivity index (χ1n) is 10.2. The Morgan fingerprint density at radius 3 is 2.24 bits per heavy atom. The van der Waals surface area contributed by atoms with E-state index in [4.69, 9.17) is 21.1 Å². The summed E-state index contributed by atoms with van der Waals surface area (Å²) in [6, 6.07) is 21.2. The van der Waals surface area contributed by atoms with Crippen LogP contribution in [0.5, 0.6) is 11.5 Å². The SMILES string of the molecule is COc1ccc(-c2cn(-c3ccccc3)nc2C(=O)NNC(=O)c2ccccc2Cl)cc1OC. The molecule has 0 fully saturated rings. The van der Waals surface area contributed by atoms with E-state index in [9.17, 15) is 9.59 Å². The van der Waals surface area contributed by atoms with Crippen molar-refractivity contribution in [3.63, 3.8) is 0 Å². The van der Waals surface area contributed by atoms with Crippen molar-refractivity contribution in [2.24, 2.45) is 0 Å². The molecule has 34 heavy (non-hydrogen) atoms. The lowest BCUT2D eigenvalue weighted by atomic mass is 10.1. The van der Waals surface area contributed by atoms with Crippen LogP contribution in [0.3, 0.4) is 0 Å². The summed E-state index contributed by atoms with van der Waals surface area (Å²) in [7, 11) is 3.08. The largest absolute Gasteiger partial charge is 0.493 e. The van der Waals surface area contributed by atoms with Gasteiger partial charge >= 0.3 is 0 Å². The number of para-hydroxylation sites is 1. The number of methoxy groups -OCH3 is 2. The Morgan fingerprint density at radius 2 is 1.53 bits per heavy atom. The molecule has 1 heterocycles. The second kappa shape index (κ2) is 10.1. The van der Waals surface area contributed by atoms with Gasteiger partial charge in [-0.3, -0.25) is 20.4 Å². The number of hydrogen-bond donors (Lipinski definition) is 2. The second-order valence-corrected chi connectivity index (χ2v) is 7.54. The Hall–Kier alpha value is -4.30. The number of hydrazine groups is 1. The van der Waals surface area contributed by atoms with Crippen LogP contribution in [0.25, 0.3) is 16.8 Å². The fraction of sp³-hybridized carbons (Fsp3) is 0.0800. The van der Waals surface area contributed by atoms with Gasteiger partial charge in [0.05, 0.1) is 30.5 Å². The minimum Gasteiger partial charge on any atom is -0.493 e. The summed E-state index contributed by atoms with van der Waals surface area (Å²) in [5.74, 6) is -0.0838. The van der Waals surface area contributed by atoms with E-state index in [1.807, 2.05) is 30.3 Å². The lowest BCUT2D eigenvalue weighted by molar-refractivity contribution is 0.0844. The van der Waals surface area contributed by atoms with Crippen LogP contribution in [0.2, 0.25) is 5.02 Å². The zero-order valence-electron chi connectivity index (χ0n) is 18.4. The van der Waals surface area contributed by atoms with Crippen LogP contribution in [0.4, 0.5) is 0 Å². The van der Waals surface area contributed by atoms with Gasteiger partial charge in [-0.25, -0.2) is 4.68 Å². The van der Waals surface area contributed by atoms with Crippen molar-refractivity contribution in [1.29, 1.82) is 0 Å². The fourth-order valence-corrected chi connectivity index (χ4v) is 3.58. The molecule has 0 saturated heterocycles. The maximum Gasteiger partial charge on any atom is 0.290 e. The number of halogens is 1. The molecule has 0 aliphatic carbocycles. The summed E-state index contributed by atoms with van der Waals surface area (Å²) >= 11 is 6.07. The normalized spacial score (nSPS) is 10.4. The monoisotopic (exact) mass is 476 g/mol. The summed E-state index contributed by atoms with van der Waals surface area (Å²) in [6.07, 6.45) is 1.74. The van der Waals surface area contributed by atoms with Crippen LogP contribution in [-0.2, 0) is 0 Å². The molecule has 1 aromatic heterocycles. The van der Waals surface area contributed by atoms with Crippen LogP contribution >= 0.6 is 11.6 Å². The van der Waals surface area contributed by atoms with Gasteiger partial charge in [0, 0.05) is 11.8 Å². The highest BCUT2D eigenvalue weighted by Gasteiger charge is 2.21. The van der Waals surface area contributed by atoms with Crippen LogP contribution in [0.15, 0.2) is 79.0 Å². The molecule has 0 atom stereocenters. The topological polar surface area (TPSA) is 94.5 Å². The summed E-state index contributed by atoms with van der Waals surface area (Å²) in [4.78, 5) is 25.6. The van der Waals surface area contributed by atoms with E-state index in [2.05, 4.69) is 16.0 Å². The molecule has 4 rings (SSSR count). The number of nitrogens with zero attached hydrogens (tertiary/aromatic N) is 2. The molecule has 0 spiro atoms. The minimum atomic E-state index is -0.597. The number of rotatable bonds is 6. The maximum absolute atomic E-state index is 13.1. The van der Waals surface area contributed by atoms with Gasteiger partial charge in [0.2, 0.25) is 0 Å². The first-order valence-corrected chi connectivity index (χ1v) is 10.6. The molecule has 0 unspecified atom stereocenters. The molecular weight excluding hydrogens is 456 g/mol. The van der Waals surface area contributed by atoms with E-state index in [-0.39, 0.29) is 16.3 Å². The Morgan fingerprint density at radius 1 is 0.853 bits per heavy atom. The molecular formula is C25H21ClN4O4. The van der Waals surface area contributed by atoms with Crippen molar-refractivity contribution in [2.75, 3.05) is 14.2 Å². The van der Waals surface area contributed by atoms with Gasteiger partial charge in [-0.05, 0) is 42.0 Å². The number of hydrogen-bond acceptors (Lipinski definition) is 5. The van der Waals surface area contributed by atoms with Crippen molar-refractivity contribution >= 4 is 23.4 Å². The average Bonchev–Trinajstić information content (AvgIpc) is 3.33. The summed E-state index contributed by atoms with van der Waals surface area (Å²) in [5.41, 5.74) is 7.14. The zero-order chi connectivity index (χ0) is 24.1. The highest BCUT2D eigenvalue weighted by atomic mass is 35.5. The number of benzene rings is 3. The third-order valence-electron chi connectivity index (χ3n) is 5.05. The quantitative estimate of drug-likeness (QED) is 0.405. The number of nitrogens with one attached hydrogen (secondary N) is 2. The van der Waals surface area contributed by atoms with Crippen LogP contribution < -0.4 is 20.3 Å². The van der Waals surface area contributed by atoms with Gasteiger partial charge in [-0.1, -0.05) is 48.0 Å². The summed E-state index contributed by atoms with van der Waals surface area (Å²) in [5, 5.41) is 4.75. The van der Waals surface area contributed by atoms with Gasteiger partial charge < -0.3 is 9.47 Å². The molecule has 9 heteroatoms. The van der Waals surface area contributed by atoms with Gasteiger partial charge in [0.15, 0.2) is 17.2 Å². The highest BCUT2D eigenvalue weighted by molar-refractivity contribution is 6.33. The Kier molecular flexibility index (Phi) is 6.79. The van der Waals surface area contributed by atoms with Crippen molar-refractivity contribution < 1.29 is 19.1 Å². The predicted molar refractivity (Wildman–Crippen MR) is 128 cm³/mol. The van der Waals surface area contributed by atoms with Crippen molar-refractivity contribution in [3.8, 4) is 28.3 Å². The summed E-state index contributed by atoms with van der Waals surface area (Å²) in [6.45, 7) is 0. The van der Waals surface area contributed by atoms with E-state index in [0.29, 0.717) is 22.6 Å². The Bertz CT molecular complexity index is 1340. The average molecular weight is 477 g/mol. The van der Waals surface area contributed by atoms with Crippen LogP contribution in [0, 0.1) is 0 Å². The third-order valence-corrected chi connectivity index (χ3v) is 5.38. The molecule has 172 valence electrons. The van der Waals surface area contributed by atoms with Gasteiger partial charge in [-0.2, -0.15) is 5.10 Å². The van der Waals surface area contributed by atoms with E-state index < -0.39 is 11.8 Å². The smallest absolute Gasteiger partial charge is 0.290 e. The van der Waals surface area contributed by atoms with Crippen molar-refractivity contribution in [3.05, 3.63) is 95.3 Å². The molecule has 0 radical (unpaired) electrons. The molecule has 8 nitrogen and oxygen atoms in total. The lowest BCUT2D eigenvalue weighted by Gasteiger charge is -2.10. The molecule has 2 N–H and O–H groups in total. The van der Waals surface area contributed by atoms with Gasteiger partial charge in [0.1, 0.15) is 0 Å². The zero-order valence-corrected chi connectivity index (χ0v) is 19.2. The molecule has 0 aliphatic heterocycles. The number of aromatic nitrogens is 2. The van der Waals surface area contributed by atoms with Gasteiger partial charge in [0.25, 0.3) is 11.8 Å². The second-order valence-electron chi connectivity index (χ2n) is 7.13. The van der Waals surface area contributed by atoms with E-state index in [1.165, 1.54) is 7.11 Å². The Balaban J connectivity index is 1.68. The highest BCUT2D eigenvalue weighted by Crippen LogP contribution is 2.34. The van der Waals surface area contributed by atoms with E-state index >= 15 is 0 Å². The van der Waals surface area contributed by atoms with E-state index in [1.54, 1.807) is 60.5 Å². The Labute approximate surface area is 201 Å². The minimum absolute atomic E-state index is 0.107. The maximum atomic E-state index is 13.1. The molecule has 0 aliphatic rings. The van der Waals surface area contributed by atoms with Gasteiger partial charge in [-0.15, -0.1) is 0 Å². The first-order chi connectivity index (χ1) is 16.5. The molecule has 0 bridgehead atoms. The standard InChI is InChI=1S/C25H21ClN4O4/c1-33-21-13-12-16(14-22(21)34-2)19-15-30(17-8-4-3-5-9-17)29-23(19)25(32)28-27-24(31)18-10-6-7-11-20(18)26/h3-15H,1-2H3,(H,27,31)(H,28,32). The molecule has 2 amide bonds. The van der Waals surface area contributed by atoms with Crippen LogP contribution in [-0.4, -0.2) is 35.8 Å².